The molecule has 2 fully saturated rings. The Bertz CT molecular complexity index is 2700. The molecule has 10 nitrogen and oxygen atoms in total. The molecular formula is C46H53F7N4O6S2. The third-order valence-corrected chi connectivity index (χ3v) is 13.2. The molecule has 0 aromatic heterocycles. The van der Waals surface area contributed by atoms with E-state index in [4.69, 9.17) is 0 Å². The molecule has 2 saturated carbocycles. The molecule has 354 valence electrons. The number of nitrogens with one attached hydrogen (secondary N) is 4. The molecule has 4 aromatic rings. The summed E-state index contributed by atoms with van der Waals surface area (Å²) in [6, 6.07) is 13.4. The van der Waals surface area contributed by atoms with Crippen LogP contribution in [0.3, 0.4) is 0 Å². The highest BCUT2D eigenvalue weighted by Crippen LogP contribution is 2.56. The van der Waals surface area contributed by atoms with Gasteiger partial charge < -0.3 is 10.6 Å². The molecule has 2 amide bonds. The number of amides is 2. The Morgan fingerprint density at radius 2 is 1.14 bits per heavy atom. The average molecular weight is 955 g/mol. The van der Waals surface area contributed by atoms with Crippen LogP contribution in [0.15, 0.2) is 66.7 Å². The number of carbonyl (C=O) groups excluding carboxylic acids is 2. The summed E-state index contributed by atoms with van der Waals surface area (Å²) in [6.45, 7) is 13.7. The Morgan fingerprint density at radius 3 is 1.60 bits per heavy atom. The fourth-order valence-electron chi connectivity index (χ4n) is 8.04. The molecule has 0 radical (unpaired) electrons. The number of halogens is 7. The standard InChI is InChI=1S/C24H30F2N2O3S.C22H23F5N2O3S/c1-14(15-7-9-17(10-8-15)28-32(6,30)31)27-22(29)18-13-24(18,5)16-11-19(25)21(20(26)12-16)23(2,3)4;1-11-7-14(17(23)9-19(11)29-33(4,31)32)12(2)28-20(30)16-10-21(16,3)13-5-6-15(18(24)8-13)22(25,26)27/h7-12,14,18,28H,13H2,1-6H3,(H,27,29);5-9,12,16,29H,10H2,1-4H3,(H,28,30)/t14-,18?,24?;12-,16?,21?/m11/s1. The second-order valence-electron chi connectivity index (χ2n) is 18.6. The predicted octanol–water partition coefficient (Wildman–Crippen LogP) is 9.61. The van der Waals surface area contributed by atoms with Crippen LogP contribution in [-0.2, 0) is 52.1 Å². The van der Waals surface area contributed by atoms with Crippen molar-refractivity contribution in [2.45, 2.75) is 103 Å². The molecule has 0 spiro atoms. The monoisotopic (exact) mass is 954 g/mol. The normalized spacial score (nSPS) is 21.6. The van der Waals surface area contributed by atoms with Crippen LogP contribution in [0.25, 0.3) is 0 Å². The SMILES string of the molecule is C[C@@H](NC(=O)C1CC1(C)c1cc(F)c(C(C)(C)C)c(F)c1)c1ccc(NS(C)(=O)=O)cc1.Cc1cc([C@@H](C)NC(=O)C2CC2(C)c2ccc(C(F)(F)F)c(F)c2)c(F)cc1NS(C)(=O)=O. The van der Waals surface area contributed by atoms with Crippen LogP contribution in [0.5, 0.6) is 0 Å². The van der Waals surface area contributed by atoms with Crippen molar-refractivity contribution < 1.29 is 57.2 Å². The van der Waals surface area contributed by atoms with Gasteiger partial charge in [0.2, 0.25) is 31.9 Å². The van der Waals surface area contributed by atoms with Crippen molar-refractivity contribution in [3.63, 3.8) is 0 Å². The molecule has 65 heavy (non-hydrogen) atoms. The van der Waals surface area contributed by atoms with Crippen molar-refractivity contribution in [2.75, 3.05) is 22.0 Å². The maximum absolute atomic E-state index is 14.7. The van der Waals surface area contributed by atoms with Gasteiger partial charge in [-0.2, -0.15) is 13.2 Å². The lowest BCUT2D eigenvalue weighted by atomic mass is 9.83. The highest BCUT2D eigenvalue weighted by Gasteiger charge is 2.57. The Morgan fingerprint density at radius 1 is 0.662 bits per heavy atom. The minimum atomic E-state index is -4.81. The fraction of sp³-hybridized carbons (Fsp3) is 0.435. The third-order valence-electron chi connectivity index (χ3n) is 12.0. The van der Waals surface area contributed by atoms with Gasteiger partial charge in [0.1, 0.15) is 23.3 Å². The summed E-state index contributed by atoms with van der Waals surface area (Å²) >= 11 is 0. The first-order valence-electron chi connectivity index (χ1n) is 20.5. The molecule has 2 aliphatic rings. The Labute approximate surface area is 375 Å². The van der Waals surface area contributed by atoms with Crippen LogP contribution in [-0.4, -0.2) is 41.2 Å². The molecule has 0 heterocycles. The number of benzene rings is 4. The molecule has 6 atom stereocenters. The second-order valence-corrected chi connectivity index (χ2v) is 22.1. The molecule has 4 N–H and O–H groups in total. The van der Waals surface area contributed by atoms with E-state index in [1.807, 2.05) is 13.8 Å². The molecular weight excluding hydrogens is 902 g/mol. The lowest BCUT2D eigenvalue weighted by molar-refractivity contribution is -0.140. The third kappa shape index (κ3) is 12.0. The van der Waals surface area contributed by atoms with Crippen LogP contribution < -0.4 is 20.1 Å². The van der Waals surface area contributed by atoms with Gasteiger partial charge in [-0.15, -0.1) is 0 Å². The van der Waals surface area contributed by atoms with E-state index in [1.54, 1.807) is 65.8 Å². The van der Waals surface area contributed by atoms with E-state index < -0.39 is 89.2 Å². The van der Waals surface area contributed by atoms with E-state index in [0.29, 0.717) is 35.7 Å². The average Bonchev–Trinajstić information content (AvgIpc) is 4.05. The lowest BCUT2D eigenvalue weighted by Gasteiger charge is -2.23. The van der Waals surface area contributed by atoms with E-state index in [1.165, 1.54) is 24.3 Å². The highest BCUT2D eigenvalue weighted by molar-refractivity contribution is 7.92. The van der Waals surface area contributed by atoms with E-state index in [2.05, 4.69) is 20.1 Å². The first kappa shape index (κ1) is 50.8. The minimum Gasteiger partial charge on any atom is -0.349 e. The van der Waals surface area contributed by atoms with Gasteiger partial charge in [0, 0.05) is 39.5 Å². The minimum absolute atomic E-state index is 0.0499. The second kappa shape index (κ2) is 17.9. The van der Waals surface area contributed by atoms with Gasteiger partial charge in [-0.3, -0.25) is 19.0 Å². The molecule has 19 heteroatoms. The number of sulfonamides is 2. The Hall–Kier alpha value is -5.17. The number of aryl methyl sites for hydroxylation is 1. The molecule has 6 rings (SSSR count). The summed E-state index contributed by atoms with van der Waals surface area (Å²) in [6.07, 6.45) is -1.99. The zero-order chi connectivity index (χ0) is 49.0. The summed E-state index contributed by atoms with van der Waals surface area (Å²) in [4.78, 5) is 25.6. The van der Waals surface area contributed by atoms with Crippen LogP contribution in [0, 0.1) is 42.0 Å². The molecule has 4 unspecified atom stereocenters. The quantitative estimate of drug-likeness (QED) is 0.104. The van der Waals surface area contributed by atoms with Gasteiger partial charge in [0.15, 0.2) is 0 Å². The van der Waals surface area contributed by atoms with Crippen molar-refractivity contribution in [3.05, 3.63) is 129 Å². The molecule has 0 saturated heterocycles. The molecule has 4 aromatic carbocycles. The Balaban J connectivity index is 0.000000244. The number of rotatable bonds is 12. The van der Waals surface area contributed by atoms with Crippen LogP contribution >= 0.6 is 0 Å². The van der Waals surface area contributed by atoms with Gasteiger partial charge in [0.25, 0.3) is 0 Å². The highest BCUT2D eigenvalue weighted by atomic mass is 32.2. The summed E-state index contributed by atoms with van der Waals surface area (Å²) in [5, 5.41) is 5.63. The number of hydrogen-bond donors (Lipinski definition) is 4. The van der Waals surface area contributed by atoms with E-state index in [9.17, 15) is 57.2 Å². The fourth-order valence-corrected chi connectivity index (χ4v) is 9.22. The van der Waals surface area contributed by atoms with E-state index >= 15 is 0 Å². The van der Waals surface area contributed by atoms with Crippen molar-refractivity contribution in [3.8, 4) is 0 Å². The maximum atomic E-state index is 14.7. The molecule has 0 bridgehead atoms. The summed E-state index contributed by atoms with van der Waals surface area (Å²) in [5.74, 6) is -4.92. The number of carbonyl (C=O) groups is 2. The zero-order valence-electron chi connectivity index (χ0n) is 37.5. The lowest BCUT2D eigenvalue weighted by Crippen LogP contribution is -2.31. The van der Waals surface area contributed by atoms with Gasteiger partial charge in [-0.25, -0.2) is 34.4 Å². The van der Waals surface area contributed by atoms with Crippen molar-refractivity contribution in [1.82, 2.24) is 10.6 Å². The Kier molecular flexibility index (Phi) is 14.0. The summed E-state index contributed by atoms with van der Waals surface area (Å²) < 4.78 is 146. The topological polar surface area (TPSA) is 151 Å². The van der Waals surface area contributed by atoms with Crippen LogP contribution in [0.4, 0.5) is 42.1 Å². The first-order valence-corrected chi connectivity index (χ1v) is 24.3. The summed E-state index contributed by atoms with van der Waals surface area (Å²) in [7, 11) is -6.96. The predicted molar refractivity (Wildman–Crippen MR) is 235 cm³/mol. The van der Waals surface area contributed by atoms with Gasteiger partial charge in [-0.05, 0) is 110 Å². The van der Waals surface area contributed by atoms with Gasteiger partial charge in [0.05, 0.1) is 35.8 Å². The molecule has 2 aliphatic carbocycles. The van der Waals surface area contributed by atoms with Crippen molar-refractivity contribution >= 4 is 43.2 Å². The van der Waals surface area contributed by atoms with E-state index in [0.717, 1.165) is 30.2 Å². The summed E-state index contributed by atoms with van der Waals surface area (Å²) in [5.41, 5.74) is -0.748. The van der Waals surface area contributed by atoms with E-state index in [-0.39, 0.29) is 40.2 Å². The van der Waals surface area contributed by atoms with Crippen molar-refractivity contribution in [1.29, 1.82) is 0 Å². The number of alkyl halides is 3. The first-order chi connectivity index (χ1) is 29.6. The van der Waals surface area contributed by atoms with Crippen LogP contribution in [0.2, 0.25) is 0 Å². The smallest absolute Gasteiger partial charge is 0.349 e. The van der Waals surface area contributed by atoms with Crippen LogP contribution in [0.1, 0.15) is 112 Å². The molecule has 0 aliphatic heterocycles. The largest absolute Gasteiger partial charge is 0.419 e. The zero-order valence-corrected chi connectivity index (χ0v) is 39.1. The maximum Gasteiger partial charge on any atom is 0.419 e. The van der Waals surface area contributed by atoms with Crippen molar-refractivity contribution in [2.24, 2.45) is 11.8 Å². The van der Waals surface area contributed by atoms with Gasteiger partial charge >= 0.3 is 6.18 Å². The number of hydrogen-bond acceptors (Lipinski definition) is 6. The number of anilines is 2. The van der Waals surface area contributed by atoms with Gasteiger partial charge in [-0.1, -0.05) is 52.8 Å².